The molecule has 1 aromatic carbocycles. The van der Waals surface area contributed by atoms with Crippen LogP contribution in [0.5, 0.6) is 5.75 Å². The number of likely N-dealkylation sites (N-methyl/N-ethyl adjacent to an activating group) is 1. The number of benzene rings is 1. The molecule has 2 rings (SSSR count). The molecule has 1 heterocycles. The lowest BCUT2D eigenvalue weighted by Gasteiger charge is -2.24. The first-order chi connectivity index (χ1) is 9.35. The van der Waals surface area contributed by atoms with Crippen molar-refractivity contribution in [2.24, 2.45) is 0 Å². The SMILES string of the molecule is CCCCCCC(NCC)C1Cc2ccccc2O1. The highest BCUT2D eigenvalue weighted by molar-refractivity contribution is 5.37. The maximum atomic E-state index is 6.12. The lowest BCUT2D eigenvalue weighted by Crippen LogP contribution is -2.42. The number of nitrogens with one attached hydrogen (secondary N) is 1. The first kappa shape index (κ1) is 14.4. The Kier molecular flexibility index (Phi) is 5.71. The molecule has 1 aromatic rings. The molecule has 1 aliphatic heterocycles. The zero-order chi connectivity index (χ0) is 13.5. The molecule has 1 aliphatic rings. The van der Waals surface area contributed by atoms with Crippen molar-refractivity contribution >= 4 is 0 Å². The number of hydrogen-bond donors (Lipinski definition) is 1. The van der Waals surface area contributed by atoms with E-state index in [1.165, 1.54) is 37.7 Å². The summed E-state index contributed by atoms with van der Waals surface area (Å²) >= 11 is 0. The van der Waals surface area contributed by atoms with Crippen molar-refractivity contribution in [1.29, 1.82) is 0 Å². The third-order valence-corrected chi connectivity index (χ3v) is 3.96. The van der Waals surface area contributed by atoms with E-state index in [0.717, 1.165) is 18.7 Å². The molecule has 0 amide bonds. The van der Waals surface area contributed by atoms with Crippen LogP contribution in [0, 0.1) is 0 Å². The molecule has 0 radical (unpaired) electrons. The molecule has 2 atom stereocenters. The Labute approximate surface area is 117 Å². The second-order valence-corrected chi connectivity index (χ2v) is 5.48. The molecule has 0 fully saturated rings. The van der Waals surface area contributed by atoms with Gasteiger partial charge in [-0.1, -0.05) is 57.7 Å². The predicted octanol–water partition coefficient (Wildman–Crippen LogP) is 3.94. The van der Waals surface area contributed by atoms with Gasteiger partial charge < -0.3 is 10.1 Å². The summed E-state index contributed by atoms with van der Waals surface area (Å²) in [6, 6.07) is 8.94. The summed E-state index contributed by atoms with van der Waals surface area (Å²) < 4.78 is 6.12. The predicted molar refractivity (Wildman–Crippen MR) is 80.8 cm³/mol. The molecule has 106 valence electrons. The van der Waals surface area contributed by atoms with Gasteiger partial charge in [0, 0.05) is 12.5 Å². The van der Waals surface area contributed by atoms with Crippen LogP contribution in [0.4, 0.5) is 0 Å². The van der Waals surface area contributed by atoms with Crippen molar-refractivity contribution in [3.8, 4) is 5.75 Å². The molecule has 19 heavy (non-hydrogen) atoms. The van der Waals surface area contributed by atoms with E-state index >= 15 is 0 Å². The molecule has 0 bridgehead atoms. The third kappa shape index (κ3) is 3.97. The number of fused-ring (bicyclic) bond motifs is 1. The molecular formula is C17H27NO. The highest BCUT2D eigenvalue weighted by Gasteiger charge is 2.29. The van der Waals surface area contributed by atoms with Crippen LogP contribution in [0.1, 0.15) is 51.5 Å². The van der Waals surface area contributed by atoms with Crippen molar-refractivity contribution in [3.63, 3.8) is 0 Å². The summed E-state index contributed by atoms with van der Waals surface area (Å²) in [5.74, 6) is 1.09. The lowest BCUT2D eigenvalue weighted by molar-refractivity contribution is 0.171. The van der Waals surface area contributed by atoms with Gasteiger partial charge in [-0.2, -0.15) is 0 Å². The standard InChI is InChI=1S/C17H27NO/c1-3-5-6-7-11-15(18-4-2)17-13-14-10-8-9-12-16(14)19-17/h8-10,12,15,17-18H,3-7,11,13H2,1-2H3. The van der Waals surface area contributed by atoms with Crippen molar-refractivity contribution in [1.82, 2.24) is 5.32 Å². The van der Waals surface area contributed by atoms with Gasteiger partial charge in [-0.05, 0) is 24.6 Å². The van der Waals surface area contributed by atoms with Gasteiger partial charge in [0.05, 0.1) is 0 Å². The molecule has 1 N–H and O–H groups in total. The summed E-state index contributed by atoms with van der Waals surface area (Å²) in [6.45, 7) is 5.47. The number of unbranched alkanes of at least 4 members (excludes halogenated alkanes) is 3. The molecule has 2 heteroatoms. The monoisotopic (exact) mass is 261 g/mol. The fraction of sp³-hybridized carbons (Fsp3) is 0.647. The Morgan fingerprint density at radius 2 is 2.05 bits per heavy atom. The van der Waals surface area contributed by atoms with E-state index in [0.29, 0.717) is 12.1 Å². The van der Waals surface area contributed by atoms with Crippen LogP contribution in [-0.2, 0) is 6.42 Å². The minimum absolute atomic E-state index is 0.318. The quantitative estimate of drug-likeness (QED) is 0.716. The smallest absolute Gasteiger partial charge is 0.123 e. The zero-order valence-electron chi connectivity index (χ0n) is 12.3. The first-order valence-electron chi connectivity index (χ1n) is 7.83. The van der Waals surface area contributed by atoms with Crippen LogP contribution in [-0.4, -0.2) is 18.7 Å². The zero-order valence-corrected chi connectivity index (χ0v) is 12.3. The number of rotatable bonds is 8. The topological polar surface area (TPSA) is 21.3 Å². The molecule has 0 aliphatic carbocycles. The van der Waals surface area contributed by atoms with Crippen molar-refractivity contribution in [2.45, 2.75) is 64.5 Å². The molecule has 0 spiro atoms. The van der Waals surface area contributed by atoms with E-state index in [1.807, 2.05) is 0 Å². The average molecular weight is 261 g/mol. The first-order valence-corrected chi connectivity index (χ1v) is 7.83. The fourth-order valence-corrected chi connectivity index (χ4v) is 2.91. The highest BCUT2D eigenvalue weighted by atomic mass is 16.5. The van der Waals surface area contributed by atoms with E-state index < -0.39 is 0 Å². The summed E-state index contributed by atoms with van der Waals surface area (Å²) in [5.41, 5.74) is 1.36. The summed E-state index contributed by atoms with van der Waals surface area (Å²) in [6.07, 6.45) is 7.91. The summed E-state index contributed by atoms with van der Waals surface area (Å²) in [7, 11) is 0. The molecule has 0 aromatic heterocycles. The van der Waals surface area contributed by atoms with Gasteiger partial charge >= 0.3 is 0 Å². The van der Waals surface area contributed by atoms with E-state index in [1.54, 1.807) is 0 Å². The van der Waals surface area contributed by atoms with E-state index in [2.05, 4.69) is 43.4 Å². The van der Waals surface area contributed by atoms with E-state index in [-0.39, 0.29) is 0 Å². The van der Waals surface area contributed by atoms with Gasteiger partial charge in [-0.3, -0.25) is 0 Å². The van der Waals surface area contributed by atoms with E-state index in [9.17, 15) is 0 Å². The highest BCUT2D eigenvalue weighted by Crippen LogP contribution is 2.30. The van der Waals surface area contributed by atoms with Crippen LogP contribution in [0.25, 0.3) is 0 Å². The number of hydrogen-bond acceptors (Lipinski definition) is 2. The van der Waals surface area contributed by atoms with Gasteiger partial charge in [0.15, 0.2) is 0 Å². The summed E-state index contributed by atoms with van der Waals surface area (Å²) in [5, 5.41) is 3.61. The largest absolute Gasteiger partial charge is 0.488 e. The molecule has 0 saturated heterocycles. The Hall–Kier alpha value is -1.02. The van der Waals surface area contributed by atoms with Crippen LogP contribution in [0.15, 0.2) is 24.3 Å². The Morgan fingerprint density at radius 3 is 2.79 bits per heavy atom. The van der Waals surface area contributed by atoms with Crippen molar-refractivity contribution in [2.75, 3.05) is 6.54 Å². The van der Waals surface area contributed by atoms with Crippen LogP contribution >= 0.6 is 0 Å². The third-order valence-electron chi connectivity index (χ3n) is 3.96. The fourth-order valence-electron chi connectivity index (χ4n) is 2.91. The minimum Gasteiger partial charge on any atom is -0.488 e. The number of para-hydroxylation sites is 1. The Bertz CT molecular complexity index is 352. The van der Waals surface area contributed by atoms with Crippen LogP contribution < -0.4 is 10.1 Å². The lowest BCUT2D eigenvalue weighted by atomic mass is 9.99. The summed E-state index contributed by atoms with van der Waals surface area (Å²) in [4.78, 5) is 0. The normalized spacial score (nSPS) is 18.9. The van der Waals surface area contributed by atoms with Gasteiger partial charge in [-0.25, -0.2) is 0 Å². The van der Waals surface area contributed by atoms with Crippen molar-refractivity contribution in [3.05, 3.63) is 29.8 Å². The van der Waals surface area contributed by atoms with E-state index in [4.69, 9.17) is 4.74 Å². The van der Waals surface area contributed by atoms with Gasteiger partial charge in [0.2, 0.25) is 0 Å². The molecule has 0 saturated carbocycles. The molecular weight excluding hydrogens is 234 g/mol. The van der Waals surface area contributed by atoms with Gasteiger partial charge in [0.1, 0.15) is 11.9 Å². The van der Waals surface area contributed by atoms with Crippen molar-refractivity contribution < 1.29 is 4.74 Å². The van der Waals surface area contributed by atoms with Gasteiger partial charge in [0.25, 0.3) is 0 Å². The maximum Gasteiger partial charge on any atom is 0.123 e. The number of ether oxygens (including phenoxy) is 1. The minimum atomic E-state index is 0.318. The van der Waals surface area contributed by atoms with Crippen LogP contribution in [0.3, 0.4) is 0 Å². The van der Waals surface area contributed by atoms with Gasteiger partial charge in [-0.15, -0.1) is 0 Å². The Morgan fingerprint density at radius 1 is 1.21 bits per heavy atom. The average Bonchev–Trinajstić information content (AvgIpc) is 2.86. The second kappa shape index (κ2) is 7.54. The Balaban J connectivity index is 1.87. The van der Waals surface area contributed by atoms with Crippen LogP contribution in [0.2, 0.25) is 0 Å². The molecule has 2 unspecified atom stereocenters. The second-order valence-electron chi connectivity index (χ2n) is 5.48. The maximum absolute atomic E-state index is 6.12. The molecule has 2 nitrogen and oxygen atoms in total.